The average Bonchev–Trinajstić information content (AvgIpc) is 2.17. The Morgan fingerprint density at radius 1 is 1.56 bits per heavy atom. The van der Waals surface area contributed by atoms with Gasteiger partial charge in [0.1, 0.15) is 0 Å². The van der Waals surface area contributed by atoms with Crippen LogP contribution in [0.5, 0.6) is 0 Å². The third-order valence-corrected chi connectivity index (χ3v) is 4.81. The van der Waals surface area contributed by atoms with Gasteiger partial charge in [-0.25, -0.2) is 8.42 Å². The molecule has 0 aromatic carbocycles. The van der Waals surface area contributed by atoms with E-state index in [2.05, 4.69) is 0 Å². The maximum atomic E-state index is 12.3. The van der Waals surface area contributed by atoms with Gasteiger partial charge >= 0.3 is 11.7 Å². The van der Waals surface area contributed by atoms with Gasteiger partial charge in [-0.15, -0.1) is 0 Å². The molecule has 1 N–H and O–H groups in total. The van der Waals surface area contributed by atoms with E-state index in [1.54, 1.807) is 0 Å². The first-order valence-corrected chi connectivity index (χ1v) is 7.10. The van der Waals surface area contributed by atoms with Crippen molar-refractivity contribution >= 4 is 27.8 Å². The fourth-order valence-electron chi connectivity index (χ4n) is 1.44. The van der Waals surface area contributed by atoms with E-state index in [4.69, 9.17) is 5.11 Å². The van der Waals surface area contributed by atoms with Crippen LogP contribution in [0.1, 0.15) is 6.42 Å². The van der Waals surface area contributed by atoms with Crippen molar-refractivity contribution in [2.45, 2.75) is 18.2 Å². The molecule has 1 aliphatic rings. The first-order valence-electron chi connectivity index (χ1n) is 4.44. The van der Waals surface area contributed by atoms with Crippen LogP contribution in [0.2, 0.25) is 0 Å². The van der Waals surface area contributed by atoms with Gasteiger partial charge in [0.2, 0.25) is 0 Å². The van der Waals surface area contributed by atoms with Crippen molar-refractivity contribution < 1.29 is 27.1 Å². The van der Waals surface area contributed by atoms with Crippen molar-refractivity contribution in [1.29, 1.82) is 0 Å². The number of rotatable bonds is 4. The van der Waals surface area contributed by atoms with E-state index in [1.165, 1.54) is 11.8 Å². The lowest BCUT2D eigenvalue weighted by molar-refractivity contribution is -0.137. The van der Waals surface area contributed by atoms with Crippen LogP contribution < -0.4 is 0 Å². The lowest BCUT2D eigenvalue weighted by Gasteiger charge is -2.32. The lowest BCUT2D eigenvalue weighted by atomic mass is 10.2. The molecule has 0 aliphatic carbocycles. The van der Waals surface area contributed by atoms with E-state index in [-0.39, 0.29) is 12.3 Å². The van der Waals surface area contributed by atoms with E-state index in [9.17, 15) is 22.0 Å². The third kappa shape index (κ3) is 3.05. The summed E-state index contributed by atoms with van der Waals surface area (Å²) in [5, 5.41) is 8.57. The molecule has 0 saturated carbocycles. The summed E-state index contributed by atoms with van der Waals surface area (Å²) in [6, 6.07) is -0.879. The van der Waals surface area contributed by atoms with Gasteiger partial charge < -0.3 is 5.11 Å². The second-order valence-electron chi connectivity index (χ2n) is 3.24. The molecule has 1 saturated heterocycles. The number of aliphatic carboxylic acids is 1. The fraction of sp³-hybridized carbons (Fsp3) is 0.857. The van der Waals surface area contributed by atoms with Crippen LogP contribution in [0.4, 0.5) is 8.78 Å². The Kier molecular flexibility index (Phi) is 4.51. The first kappa shape index (κ1) is 13.7. The standard InChI is InChI=1S/C7H11F2NO4S2/c8-7(9)16(13,14)10-1-2-15-4-5(10)3-6(11)12/h5,7H,1-4H2,(H,11,12). The van der Waals surface area contributed by atoms with Gasteiger partial charge in [-0.3, -0.25) is 4.79 Å². The molecule has 5 nitrogen and oxygen atoms in total. The van der Waals surface area contributed by atoms with Gasteiger partial charge in [0.15, 0.2) is 0 Å². The van der Waals surface area contributed by atoms with Crippen LogP contribution in [-0.2, 0) is 14.8 Å². The molecule has 1 heterocycles. The Bertz CT molecular complexity index is 359. The highest BCUT2D eigenvalue weighted by atomic mass is 32.2. The summed E-state index contributed by atoms with van der Waals surface area (Å²) < 4.78 is 47.8. The van der Waals surface area contributed by atoms with Gasteiger partial charge in [0.05, 0.1) is 6.42 Å². The Hall–Kier alpha value is -0.410. The van der Waals surface area contributed by atoms with Gasteiger partial charge in [-0.05, 0) is 0 Å². The van der Waals surface area contributed by atoms with E-state index in [1.807, 2.05) is 0 Å². The van der Waals surface area contributed by atoms with Crippen molar-refractivity contribution in [2.24, 2.45) is 0 Å². The van der Waals surface area contributed by atoms with Crippen molar-refractivity contribution in [3.05, 3.63) is 0 Å². The lowest BCUT2D eigenvalue weighted by Crippen LogP contribution is -2.48. The van der Waals surface area contributed by atoms with E-state index in [0.717, 1.165) is 0 Å². The van der Waals surface area contributed by atoms with Gasteiger partial charge in [-0.1, -0.05) is 0 Å². The Balaban J connectivity index is 2.86. The van der Waals surface area contributed by atoms with Crippen LogP contribution in [0, 0.1) is 0 Å². The van der Waals surface area contributed by atoms with E-state index >= 15 is 0 Å². The number of hydrogen-bond acceptors (Lipinski definition) is 4. The number of sulfonamides is 1. The minimum absolute atomic E-state index is 0.0602. The largest absolute Gasteiger partial charge is 0.481 e. The summed E-state index contributed by atoms with van der Waals surface area (Å²) >= 11 is 1.36. The van der Waals surface area contributed by atoms with E-state index in [0.29, 0.717) is 10.1 Å². The second kappa shape index (κ2) is 5.28. The van der Waals surface area contributed by atoms with Gasteiger partial charge in [0.25, 0.3) is 10.0 Å². The monoisotopic (exact) mass is 275 g/mol. The van der Waals surface area contributed by atoms with Gasteiger partial charge in [0, 0.05) is 24.1 Å². The minimum atomic E-state index is -4.67. The zero-order valence-electron chi connectivity index (χ0n) is 8.17. The number of alkyl halides is 2. The van der Waals surface area contributed by atoms with Crippen LogP contribution in [-0.4, -0.2) is 53.6 Å². The molecule has 1 fully saturated rings. The SMILES string of the molecule is O=C(O)CC1CSCCN1S(=O)(=O)C(F)F. The zero-order chi connectivity index (χ0) is 12.3. The molecule has 0 aromatic heterocycles. The maximum Gasteiger partial charge on any atom is 0.350 e. The molecule has 0 aromatic rings. The number of carbonyl (C=O) groups is 1. The summed E-state index contributed by atoms with van der Waals surface area (Å²) in [5.41, 5.74) is 0. The molecule has 1 rings (SSSR count). The minimum Gasteiger partial charge on any atom is -0.481 e. The summed E-state index contributed by atoms with van der Waals surface area (Å²) in [6.45, 7) is -0.0602. The number of thioether (sulfide) groups is 1. The second-order valence-corrected chi connectivity index (χ2v) is 6.25. The molecule has 0 spiro atoms. The van der Waals surface area contributed by atoms with Crippen LogP contribution >= 0.6 is 11.8 Å². The number of nitrogens with zero attached hydrogens (tertiary/aromatic N) is 1. The van der Waals surface area contributed by atoms with Crippen molar-refractivity contribution in [3.8, 4) is 0 Å². The highest BCUT2D eigenvalue weighted by Crippen LogP contribution is 2.24. The van der Waals surface area contributed by atoms with Crippen molar-refractivity contribution in [1.82, 2.24) is 4.31 Å². The van der Waals surface area contributed by atoms with Crippen LogP contribution in [0.3, 0.4) is 0 Å². The van der Waals surface area contributed by atoms with E-state index < -0.39 is 34.2 Å². The molecule has 9 heteroatoms. The topological polar surface area (TPSA) is 74.7 Å². The maximum absolute atomic E-state index is 12.3. The number of hydrogen-bond donors (Lipinski definition) is 1. The first-order chi connectivity index (χ1) is 7.35. The average molecular weight is 275 g/mol. The molecular weight excluding hydrogens is 264 g/mol. The quantitative estimate of drug-likeness (QED) is 0.805. The van der Waals surface area contributed by atoms with Crippen LogP contribution in [0.15, 0.2) is 0 Å². The zero-order valence-corrected chi connectivity index (χ0v) is 9.81. The van der Waals surface area contributed by atoms with Crippen molar-refractivity contribution in [3.63, 3.8) is 0 Å². The number of carboxylic acids is 1. The number of halogens is 2. The Labute approximate surface area is 95.9 Å². The summed E-state index contributed by atoms with van der Waals surface area (Å²) in [5.74, 6) is -4.05. The molecule has 0 amide bonds. The summed E-state index contributed by atoms with van der Waals surface area (Å²) in [6.07, 6.45) is -0.445. The van der Waals surface area contributed by atoms with Crippen molar-refractivity contribution in [2.75, 3.05) is 18.1 Å². The normalized spacial score (nSPS) is 23.6. The summed E-state index contributed by atoms with van der Waals surface area (Å²) in [4.78, 5) is 10.5. The molecular formula is C7H11F2NO4S2. The molecule has 0 bridgehead atoms. The Morgan fingerprint density at radius 3 is 2.69 bits per heavy atom. The predicted octanol–water partition coefficient (Wildman–Crippen LogP) is 0.431. The van der Waals surface area contributed by atoms with Crippen LogP contribution in [0.25, 0.3) is 0 Å². The highest BCUT2D eigenvalue weighted by Gasteiger charge is 2.39. The summed E-state index contributed by atoms with van der Waals surface area (Å²) in [7, 11) is -4.67. The molecule has 1 unspecified atom stereocenters. The molecule has 0 radical (unpaired) electrons. The van der Waals surface area contributed by atoms with Gasteiger partial charge in [-0.2, -0.15) is 24.8 Å². The molecule has 94 valence electrons. The highest BCUT2D eigenvalue weighted by molar-refractivity contribution is 7.99. The third-order valence-electron chi connectivity index (χ3n) is 2.14. The number of carboxylic acid groups (broad SMARTS) is 1. The smallest absolute Gasteiger partial charge is 0.350 e. The molecule has 16 heavy (non-hydrogen) atoms. The molecule has 1 atom stereocenters. The fourth-order valence-corrected chi connectivity index (χ4v) is 3.83. The predicted molar refractivity (Wildman–Crippen MR) is 55.0 cm³/mol. The molecule has 1 aliphatic heterocycles. The Morgan fingerprint density at radius 2 is 2.19 bits per heavy atom.